The van der Waals surface area contributed by atoms with Crippen molar-refractivity contribution in [3.05, 3.63) is 54.0 Å². The van der Waals surface area contributed by atoms with Gasteiger partial charge >= 0.3 is 0 Å². The van der Waals surface area contributed by atoms with Crippen LogP contribution in [0.5, 0.6) is 5.75 Å². The molecule has 0 spiro atoms. The predicted octanol–water partition coefficient (Wildman–Crippen LogP) is 1.07. The van der Waals surface area contributed by atoms with Gasteiger partial charge in [0.05, 0.1) is 6.04 Å². The number of nitrogens with zero attached hydrogens (tertiary/aromatic N) is 4. The van der Waals surface area contributed by atoms with Gasteiger partial charge in [-0.25, -0.2) is 0 Å². The summed E-state index contributed by atoms with van der Waals surface area (Å²) in [5.74, 6) is 0.871. The van der Waals surface area contributed by atoms with E-state index in [9.17, 15) is 5.11 Å². The van der Waals surface area contributed by atoms with Crippen molar-refractivity contribution in [2.45, 2.75) is 12.5 Å². The molecule has 6 nitrogen and oxygen atoms in total. The predicted molar refractivity (Wildman–Crippen MR) is 69.5 cm³/mol. The van der Waals surface area contributed by atoms with Gasteiger partial charge in [-0.3, -0.25) is 0 Å². The Balaban J connectivity index is 1.87. The largest absolute Gasteiger partial charge is 0.508 e. The summed E-state index contributed by atoms with van der Waals surface area (Å²) in [4.78, 5) is 0. The molecule has 0 aliphatic rings. The summed E-state index contributed by atoms with van der Waals surface area (Å²) in [5.41, 5.74) is 7.85. The average molecular weight is 255 g/mol. The number of fused-ring (bicyclic) bond motifs is 1. The SMILES string of the molecule is NC(Cc1ccc(O)cc1)c1nnc2cccnn12. The lowest BCUT2D eigenvalue weighted by Crippen LogP contribution is -2.17. The van der Waals surface area contributed by atoms with Gasteiger partial charge in [0.25, 0.3) is 0 Å². The summed E-state index contributed by atoms with van der Waals surface area (Å²) in [6.07, 6.45) is 2.28. The summed E-state index contributed by atoms with van der Waals surface area (Å²) in [5, 5.41) is 21.5. The third-order valence-corrected chi connectivity index (χ3v) is 2.93. The van der Waals surface area contributed by atoms with Gasteiger partial charge in [-0.05, 0) is 36.2 Å². The lowest BCUT2D eigenvalue weighted by atomic mass is 10.1. The smallest absolute Gasteiger partial charge is 0.177 e. The Bertz CT molecular complexity index is 692. The van der Waals surface area contributed by atoms with Gasteiger partial charge < -0.3 is 10.8 Å². The highest BCUT2D eigenvalue weighted by atomic mass is 16.3. The van der Waals surface area contributed by atoms with E-state index in [4.69, 9.17) is 5.73 Å². The number of rotatable bonds is 3. The first-order chi connectivity index (χ1) is 9.24. The molecule has 19 heavy (non-hydrogen) atoms. The Morgan fingerprint density at radius 3 is 2.74 bits per heavy atom. The molecule has 0 aliphatic heterocycles. The second-order valence-corrected chi connectivity index (χ2v) is 4.33. The molecule has 3 rings (SSSR count). The fraction of sp³-hybridized carbons (Fsp3) is 0.154. The quantitative estimate of drug-likeness (QED) is 0.730. The second kappa shape index (κ2) is 4.66. The highest BCUT2D eigenvalue weighted by molar-refractivity contribution is 5.35. The van der Waals surface area contributed by atoms with Crippen LogP contribution in [0.4, 0.5) is 0 Å². The zero-order valence-corrected chi connectivity index (χ0v) is 10.1. The Morgan fingerprint density at radius 2 is 1.95 bits per heavy atom. The topological polar surface area (TPSA) is 89.3 Å². The van der Waals surface area contributed by atoms with Gasteiger partial charge in [-0.2, -0.15) is 9.61 Å². The lowest BCUT2D eigenvalue weighted by Gasteiger charge is -2.09. The van der Waals surface area contributed by atoms with Crippen LogP contribution < -0.4 is 5.73 Å². The highest BCUT2D eigenvalue weighted by Crippen LogP contribution is 2.17. The second-order valence-electron chi connectivity index (χ2n) is 4.33. The Kier molecular flexibility index (Phi) is 2.85. The number of aromatic hydroxyl groups is 1. The van der Waals surface area contributed by atoms with E-state index in [1.165, 1.54) is 0 Å². The van der Waals surface area contributed by atoms with Crippen LogP contribution in [0.2, 0.25) is 0 Å². The monoisotopic (exact) mass is 255 g/mol. The summed E-state index contributed by atoms with van der Waals surface area (Å²) >= 11 is 0. The van der Waals surface area contributed by atoms with Crippen LogP contribution in [0.15, 0.2) is 42.6 Å². The standard InChI is InChI=1S/C13H13N5O/c14-11(8-9-3-5-10(19)6-4-9)13-17-16-12-2-1-7-15-18(12)13/h1-7,11,19H,8,14H2. The third-order valence-electron chi connectivity index (χ3n) is 2.93. The van der Waals surface area contributed by atoms with Crippen molar-refractivity contribution in [3.8, 4) is 5.75 Å². The fourth-order valence-electron chi connectivity index (χ4n) is 1.97. The molecular formula is C13H13N5O. The number of phenols is 1. The van der Waals surface area contributed by atoms with Gasteiger partial charge in [-0.1, -0.05) is 12.1 Å². The molecule has 3 aromatic rings. The van der Waals surface area contributed by atoms with Crippen LogP contribution in [0.1, 0.15) is 17.4 Å². The van der Waals surface area contributed by atoms with Crippen LogP contribution >= 0.6 is 0 Å². The van der Waals surface area contributed by atoms with Crippen LogP contribution in [0, 0.1) is 0 Å². The number of aromatic nitrogens is 4. The molecule has 3 N–H and O–H groups in total. The van der Waals surface area contributed by atoms with Crippen LogP contribution in [0.25, 0.3) is 5.65 Å². The van der Waals surface area contributed by atoms with E-state index in [1.54, 1.807) is 28.9 Å². The zero-order valence-electron chi connectivity index (χ0n) is 10.1. The molecule has 2 heterocycles. The van der Waals surface area contributed by atoms with E-state index >= 15 is 0 Å². The summed E-state index contributed by atoms with van der Waals surface area (Å²) in [6, 6.07) is 10.3. The number of phenolic OH excluding ortho intramolecular Hbond substituents is 1. The maximum Gasteiger partial charge on any atom is 0.177 e. The molecule has 0 radical (unpaired) electrons. The Morgan fingerprint density at radius 1 is 1.16 bits per heavy atom. The summed E-state index contributed by atoms with van der Waals surface area (Å²) < 4.78 is 1.64. The summed E-state index contributed by atoms with van der Waals surface area (Å²) in [6.45, 7) is 0. The fourth-order valence-corrected chi connectivity index (χ4v) is 1.97. The first kappa shape index (κ1) is 11.6. The minimum atomic E-state index is -0.297. The van der Waals surface area contributed by atoms with E-state index in [0.29, 0.717) is 17.9 Å². The van der Waals surface area contributed by atoms with E-state index in [2.05, 4.69) is 15.3 Å². The normalized spacial score (nSPS) is 12.7. The molecule has 0 amide bonds. The highest BCUT2D eigenvalue weighted by Gasteiger charge is 2.15. The van der Waals surface area contributed by atoms with Crippen molar-refractivity contribution in [1.82, 2.24) is 19.8 Å². The van der Waals surface area contributed by atoms with Crippen molar-refractivity contribution in [1.29, 1.82) is 0 Å². The van der Waals surface area contributed by atoms with E-state index in [-0.39, 0.29) is 11.8 Å². The van der Waals surface area contributed by atoms with Crippen molar-refractivity contribution >= 4 is 5.65 Å². The van der Waals surface area contributed by atoms with E-state index in [0.717, 1.165) is 5.56 Å². The van der Waals surface area contributed by atoms with Crippen molar-refractivity contribution in [2.75, 3.05) is 0 Å². The molecule has 0 aliphatic carbocycles. The third kappa shape index (κ3) is 2.25. The Hall–Kier alpha value is -2.47. The van der Waals surface area contributed by atoms with Gasteiger partial charge in [-0.15, -0.1) is 10.2 Å². The first-order valence-corrected chi connectivity index (χ1v) is 5.94. The average Bonchev–Trinajstić information content (AvgIpc) is 2.85. The molecule has 2 aromatic heterocycles. The van der Waals surface area contributed by atoms with Gasteiger partial charge in [0.15, 0.2) is 11.5 Å². The molecule has 1 unspecified atom stereocenters. The first-order valence-electron chi connectivity index (χ1n) is 5.94. The zero-order chi connectivity index (χ0) is 13.2. The Labute approximate surface area is 109 Å². The minimum Gasteiger partial charge on any atom is -0.508 e. The molecular weight excluding hydrogens is 242 g/mol. The van der Waals surface area contributed by atoms with Crippen molar-refractivity contribution in [2.24, 2.45) is 5.73 Å². The molecule has 6 heteroatoms. The molecule has 0 bridgehead atoms. The molecule has 0 saturated carbocycles. The van der Waals surface area contributed by atoms with Crippen molar-refractivity contribution < 1.29 is 5.11 Å². The van der Waals surface area contributed by atoms with Crippen molar-refractivity contribution in [3.63, 3.8) is 0 Å². The molecule has 1 atom stereocenters. The summed E-state index contributed by atoms with van der Waals surface area (Å²) in [7, 11) is 0. The minimum absolute atomic E-state index is 0.243. The number of hydrogen-bond acceptors (Lipinski definition) is 5. The van der Waals surface area contributed by atoms with Gasteiger partial charge in [0, 0.05) is 6.20 Å². The maximum absolute atomic E-state index is 9.25. The molecule has 1 aromatic carbocycles. The van der Waals surface area contributed by atoms with E-state index in [1.807, 2.05) is 18.2 Å². The molecule has 96 valence electrons. The lowest BCUT2D eigenvalue weighted by molar-refractivity contribution is 0.475. The number of nitrogens with two attached hydrogens (primary N) is 1. The van der Waals surface area contributed by atoms with Crippen LogP contribution in [0.3, 0.4) is 0 Å². The van der Waals surface area contributed by atoms with Gasteiger partial charge in [0.1, 0.15) is 5.75 Å². The number of hydrogen-bond donors (Lipinski definition) is 2. The molecule has 0 saturated heterocycles. The van der Waals surface area contributed by atoms with Gasteiger partial charge in [0.2, 0.25) is 0 Å². The maximum atomic E-state index is 9.25. The van der Waals surface area contributed by atoms with Crippen LogP contribution in [-0.4, -0.2) is 24.9 Å². The van der Waals surface area contributed by atoms with Crippen LogP contribution in [-0.2, 0) is 6.42 Å². The van der Waals surface area contributed by atoms with E-state index < -0.39 is 0 Å². The molecule has 0 fully saturated rings. The number of benzene rings is 1.